The maximum atomic E-state index is 13.5. The van der Waals surface area contributed by atoms with E-state index in [4.69, 9.17) is 10.9 Å². The predicted octanol–water partition coefficient (Wildman–Crippen LogP) is 1.68. The van der Waals surface area contributed by atoms with Gasteiger partial charge in [0.25, 0.3) is 0 Å². The first-order valence-electron chi connectivity index (χ1n) is 6.70. The van der Waals surface area contributed by atoms with Crippen molar-refractivity contribution in [2.24, 2.45) is 10.9 Å². The minimum absolute atomic E-state index is 0.0482. The lowest BCUT2D eigenvalue weighted by Gasteiger charge is -2.28. The van der Waals surface area contributed by atoms with Crippen molar-refractivity contribution in [1.82, 2.24) is 5.32 Å². The Morgan fingerprint density at radius 1 is 1.38 bits per heavy atom. The van der Waals surface area contributed by atoms with Crippen molar-refractivity contribution in [2.45, 2.75) is 37.6 Å². The summed E-state index contributed by atoms with van der Waals surface area (Å²) >= 11 is 0. The molecule has 4 N–H and O–H groups in total. The molecule has 0 saturated heterocycles. The molecule has 21 heavy (non-hydrogen) atoms. The van der Waals surface area contributed by atoms with Gasteiger partial charge >= 0.3 is 0 Å². The van der Waals surface area contributed by atoms with E-state index in [1.807, 2.05) is 0 Å². The van der Waals surface area contributed by atoms with E-state index in [1.165, 1.54) is 6.07 Å². The molecule has 1 aliphatic carbocycles. The molecular weight excluding hydrogens is 280 g/mol. The van der Waals surface area contributed by atoms with Crippen molar-refractivity contribution in [3.8, 4) is 0 Å². The Kier molecular flexibility index (Phi) is 4.40. The molecule has 1 aromatic carbocycles. The van der Waals surface area contributed by atoms with Gasteiger partial charge in [-0.1, -0.05) is 24.1 Å². The quantitative estimate of drug-likeness (QED) is 0.342. The van der Waals surface area contributed by atoms with Gasteiger partial charge in [-0.05, 0) is 24.5 Å². The van der Waals surface area contributed by atoms with Crippen LogP contribution in [0, 0.1) is 11.6 Å². The number of carbonyl (C=O) groups excluding carboxylic acids is 1. The molecule has 0 heterocycles. The normalized spacial score (nSPS) is 17.7. The Balaban J connectivity index is 2.10. The lowest BCUT2D eigenvalue weighted by Crippen LogP contribution is -2.56. The van der Waals surface area contributed by atoms with Crippen LogP contribution in [0.1, 0.15) is 31.2 Å². The number of benzene rings is 1. The smallest absolute Gasteiger partial charge is 0.225 e. The molecule has 1 aromatic rings. The Hall–Kier alpha value is -2.18. The van der Waals surface area contributed by atoms with Crippen LogP contribution in [0.3, 0.4) is 0 Å². The summed E-state index contributed by atoms with van der Waals surface area (Å²) in [7, 11) is 0. The Labute approximate surface area is 120 Å². The number of hydrogen-bond acceptors (Lipinski definition) is 3. The molecule has 5 nitrogen and oxygen atoms in total. The molecule has 0 spiro atoms. The van der Waals surface area contributed by atoms with E-state index in [-0.39, 0.29) is 17.8 Å². The monoisotopic (exact) mass is 297 g/mol. The number of halogens is 2. The van der Waals surface area contributed by atoms with E-state index < -0.39 is 23.1 Å². The van der Waals surface area contributed by atoms with E-state index in [2.05, 4.69) is 10.5 Å². The average Bonchev–Trinajstić information content (AvgIpc) is 2.90. The zero-order valence-corrected chi connectivity index (χ0v) is 11.4. The van der Waals surface area contributed by atoms with Crippen LogP contribution in [0.15, 0.2) is 23.4 Å². The van der Waals surface area contributed by atoms with Crippen LogP contribution in [0.5, 0.6) is 0 Å². The van der Waals surface area contributed by atoms with Crippen LogP contribution in [-0.4, -0.2) is 22.5 Å². The van der Waals surface area contributed by atoms with Crippen molar-refractivity contribution >= 4 is 11.7 Å². The number of rotatable bonds is 4. The minimum atomic E-state index is -0.873. The summed E-state index contributed by atoms with van der Waals surface area (Å²) in [6.07, 6.45) is 2.61. The summed E-state index contributed by atoms with van der Waals surface area (Å²) < 4.78 is 26.4. The van der Waals surface area contributed by atoms with Gasteiger partial charge in [-0.15, -0.1) is 0 Å². The molecule has 114 valence electrons. The van der Waals surface area contributed by atoms with Gasteiger partial charge < -0.3 is 16.3 Å². The van der Waals surface area contributed by atoms with Crippen LogP contribution < -0.4 is 11.1 Å². The van der Waals surface area contributed by atoms with Crippen molar-refractivity contribution < 1.29 is 18.8 Å². The minimum Gasteiger partial charge on any atom is -0.409 e. The molecule has 1 amide bonds. The molecule has 1 aliphatic rings. The van der Waals surface area contributed by atoms with Crippen LogP contribution in [0.25, 0.3) is 0 Å². The molecule has 0 unspecified atom stereocenters. The number of amides is 1. The maximum Gasteiger partial charge on any atom is 0.225 e. The van der Waals surface area contributed by atoms with E-state index in [1.54, 1.807) is 0 Å². The molecule has 0 radical (unpaired) electrons. The summed E-state index contributed by atoms with van der Waals surface area (Å²) in [5, 5.41) is 14.6. The Bertz CT molecular complexity index is 569. The van der Waals surface area contributed by atoms with E-state index >= 15 is 0 Å². The van der Waals surface area contributed by atoms with Crippen molar-refractivity contribution in [3.05, 3.63) is 35.4 Å². The molecule has 1 saturated carbocycles. The first kappa shape index (κ1) is 15.2. The second-order valence-corrected chi connectivity index (χ2v) is 5.24. The standard InChI is InChI=1S/C14H17F2N3O2/c15-10-4-3-9(11(16)8-10)7-12(20)18-14(13(17)19-21)5-1-2-6-14/h3-4,8,21H,1-2,5-7H2,(H2,17,19)(H,18,20). The number of hydrogen-bond donors (Lipinski definition) is 3. The fourth-order valence-corrected chi connectivity index (χ4v) is 2.67. The lowest BCUT2D eigenvalue weighted by molar-refractivity contribution is -0.121. The molecule has 2 rings (SSSR count). The highest BCUT2D eigenvalue weighted by molar-refractivity contribution is 5.94. The molecule has 0 bridgehead atoms. The zero-order valence-electron chi connectivity index (χ0n) is 11.4. The van der Waals surface area contributed by atoms with Crippen LogP contribution in [0.4, 0.5) is 8.78 Å². The first-order chi connectivity index (χ1) is 9.97. The maximum absolute atomic E-state index is 13.5. The van der Waals surface area contributed by atoms with Gasteiger partial charge in [0, 0.05) is 6.07 Å². The van der Waals surface area contributed by atoms with Crippen LogP contribution in [0.2, 0.25) is 0 Å². The van der Waals surface area contributed by atoms with E-state index in [0.29, 0.717) is 12.8 Å². The van der Waals surface area contributed by atoms with E-state index in [0.717, 1.165) is 25.0 Å². The SMILES string of the molecule is N/C(=N/O)C1(NC(=O)Cc2ccc(F)cc2F)CCCC1. The Morgan fingerprint density at radius 3 is 2.62 bits per heavy atom. The third-order valence-electron chi connectivity index (χ3n) is 3.80. The number of nitrogens with one attached hydrogen (secondary N) is 1. The molecule has 1 fully saturated rings. The fraction of sp³-hybridized carbons (Fsp3) is 0.429. The number of carbonyl (C=O) groups is 1. The van der Waals surface area contributed by atoms with Crippen LogP contribution >= 0.6 is 0 Å². The number of amidine groups is 1. The van der Waals surface area contributed by atoms with Gasteiger partial charge in [0.2, 0.25) is 5.91 Å². The van der Waals surface area contributed by atoms with E-state index in [9.17, 15) is 13.6 Å². The first-order valence-corrected chi connectivity index (χ1v) is 6.70. The molecule has 0 aliphatic heterocycles. The fourth-order valence-electron chi connectivity index (χ4n) is 2.67. The predicted molar refractivity (Wildman–Crippen MR) is 72.8 cm³/mol. The third-order valence-corrected chi connectivity index (χ3v) is 3.80. The van der Waals surface area contributed by atoms with Gasteiger partial charge in [-0.2, -0.15) is 0 Å². The highest BCUT2D eigenvalue weighted by atomic mass is 19.1. The average molecular weight is 297 g/mol. The second-order valence-electron chi connectivity index (χ2n) is 5.24. The van der Waals surface area contributed by atoms with Gasteiger partial charge in [0.15, 0.2) is 5.84 Å². The summed E-state index contributed by atoms with van der Waals surface area (Å²) in [5.41, 5.74) is 4.89. The number of nitrogens with zero attached hydrogens (tertiary/aromatic N) is 1. The number of nitrogens with two attached hydrogens (primary N) is 1. The third kappa shape index (κ3) is 3.29. The topological polar surface area (TPSA) is 87.7 Å². The van der Waals surface area contributed by atoms with Gasteiger partial charge in [0.1, 0.15) is 17.2 Å². The van der Waals surface area contributed by atoms with Gasteiger partial charge in [-0.3, -0.25) is 4.79 Å². The van der Waals surface area contributed by atoms with Crippen molar-refractivity contribution in [2.75, 3.05) is 0 Å². The largest absolute Gasteiger partial charge is 0.409 e. The summed E-state index contributed by atoms with van der Waals surface area (Å²) in [6.45, 7) is 0. The highest BCUT2D eigenvalue weighted by Crippen LogP contribution is 2.30. The molecule has 7 heteroatoms. The zero-order chi connectivity index (χ0) is 15.5. The molecular formula is C14H17F2N3O2. The second kappa shape index (κ2) is 6.07. The summed E-state index contributed by atoms with van der Waals surface area (Å²) in [4.78, 5) is 12.1. The summed E-state index contributed by atoms with van der Waals surface area (Å²) in [5.74, 6) is -1.96. The van der Waals surface area contributed by atoms with Gasteiger partial charge in [-0.25, -0.2) is 8.78 Å². The molecule has 0 atom stereocenters. The Morgan fingerprint density at radius 2 is 2.05 bits per heavy atom. The highest BCUT2D eigenvalue weighted by Gasteiger charge is 2.39. The lowest BCUT2D eigenvalue weighted by atomic mass is 9.95. The van der Waals surface area contributed by atoms with Crippen molar-refractivity contribution in [3.63, 3.8) is 0 Å². The van der Waals surface area contributed by atoms with Crippen molar-refractivity contribution in [1.29, 1.82) is 0 Å². The molecule has 0 aromatic heterocycles. The van der Waals surface area contributed by atoms with Gasteiger partial charge in [0.05, 0.1) is 6.42 Å². The van der Waals surface area contributed by atoms with Crippen LogP contribution in [-0.2, 0) is 11.2 Å². The summed E-state index contributed by atoms with van der Waals surface area (Å²) in [6, 6.07) is 3.06. The number of oxime groups is 1.